The van der Waals surface area contributed by atoms with Crippen LogP contribution in [0.4, 0.5) is 5.69 Å². The highest BCUT2D eigenvalue weighted by molar-refractivity contribution is 7.89. The van der Waals surface area contributed by atoms with Crippen LogP contribution in [-0.4, -0.2) is 26.4 Å². The quantitative estimate of drug-likeness (QED) is 0.552. The monoisotopic (exact) mass is 245 g/mol. The Kier molecular flexibility index (Phi) is 3.93. The van der Waals surface area contributed by atoms with Crippen molar-refractivity contribution in [2.45, 2.75) is 4.90 Å². The van der Waals surface area contributed by atoms with E-state index in [1.807, 2.05) is 0 Å². The molecular weight excluding hydrogens is 234 g/mol. The molecular formula is C8H11N3O4S. The van der Waals surface area contributed by atoms with Gasteiger partial charge < -0.3 is 5.73 Å². The van der Waals surface area contributed by atoms with Crippen molar-refractivity contribution < 1.29 is 13.3 Å². The first-order valence-electron chi connectivity index (χ1n) is 4.41. The van der Waals surface area contributed by atoms with Crippen LogP contribution in [0.2, 0.25) is 0 Å². The van der Waals surface area contributed by atoms with Crippen LogP contribution in [-0.2, 0) is 10.0 Å². The summed E-state index contributed by atoms with van der Waals surface area (Å²) < 4.78 is 25.3. The summed E-state index contributed by atoms with van der Waals surface area (Å²) in [5, 5.41) is 10.4. The van der Waals surface area contributed by atoms with Crippen molar-refractivity contribution in [3.05, 3.63) is 34.4 Å². The van der Waals surface area contributed by atoms with E-state index in [9.17, 15) is 18.5 Å². The molecule has 88 valence electrons. The van der Waals surface area contributed by atoms with E-state index in [1.54, 1.807) is 0 Å². The number of sulfonamides is 1. The molecule has 0 amide bonds. The second-order valence-electron chi connectivity index (χ2n) is 2.94. The van der Waals surface area contributed by atoms with Gasteiger partial charge in [0.1, 0.15) is 0 Å². The largest absolute Gasteiger partial charge is 0.329 e. The summed E-state index contributed by atoms with van der Waals surface area (Å²) in [5.74, 6) is 0. The number of non-ortho nitro benzene ring substituents is 1. The van der Waals surface area contributed by atoms with Crippen molar-refractivity contribution in [2.24, 2.45) is 5.73 Å². The predicted octanol–water partition coefficient (Wildman–Crippen LogP) is -0.168. The molecule has 0 saturated carbocycles. The van der Waals surface area contributed by atoms with Crippen molar-refractivity contribution in [1.29, 1.82) is 0 Å². The SMILES string of the molecule is NCCNS(=O)(=O)c1ccc([N+](=O)[O-])cc1. The first-order valence-corrected chi connectivity index (χ1v) is 5.90. The Hall–Kier alpha value is -1.51. The summed E-state index contributed by atoms with van der Waals surface area (Å²) in [4.78, 5) is 9.74. The zero-order valence-electron chi connectivity index (χ0n) is 8.29. The molecule has 0 aliphatic heterocycles. The maximum Gasteiger partial charge on any atom is 0.269 e. The van der Waals surface area contributed by atoms with Gasteiger partial charge in [-0.3, -0.25) is 10.1 Å². The lowest BCUT2D eigenvalue weighted by Crippen LogP contribution is -2.29. The molecule has 7 nitrogen and oxygen atoms in total. The van der Waals surface area contributed by atoms with Gasteiger partial charge in [0.2, 0.25) is 10.0 Å². The molecule has 0 fully saturated rings. The van der Waals surface area contributed by atoms with Gasteiger partial charge in [0, 0.05) is 25.2 Å². The van der Waals surface area contributed by atoms with Crippen LogP contribution in [0.25, 0.3) is 0 Å². The molecule has 0 bridgehead atoms. The van der Waals surface area contributed by atoms with Gasteiger partial charge >= 0.3 is 0 Å². The number of benzene rings is 1. The molecule has 16 heavy (non-hydrogen) atoms. The van der Waals surface area contributed by atoms with E-state index in [-0.39, 0.29) is 23.7 Å². The number of nitrogens with two attached hydrogens (primary N) is 1. The van der Waals surface area contributed by atoms with E-state index in [0.29, 0.717) is 0 Å². The smallest absolute Gasteiger partial charge is 0.269 e. The van der Waals surface area contributed by atoms with Crippen molar-refractivity contribution in [3.8, 4) is 0 Å². The molecule has 0 aliphatic rings. The van der Waals surface area contributed by atoms with Gasteiger partial charge in [-0.2, -0.15) is 0 Å². The fourth-order valence-corrected chi connectivity index (χ4v) is 2.07. The first kappa shape index (κ1) is 12.6. The summed E-state index contributed by atoms with van der Waals surface area (Å²) >= 11 is 0. The average molecular weight is 245 g/mol. The van der Waals surface area contributed by atoms with E-state index in [0.717, 1.165) is 12.1 Å². The maximum atomic E-state index is 11.5. The van der Waals surface area contributed by atoms with Crippen LogP contribution in [0.5, 0.6) is 0 Å². The zero-order chi connectivity index (χ0) is 12.2. The van der Waals surface area contributed by atoms with Crippen LogP contribution in [0.1, 0.15) is 0 Å². The zero-order valence-corrected chi connectivity index (χ0v) is 9.11. The molecule has 3 N–H and O–H groups in total. The Bertz CT molecular complexity index is 469. The third-order valence-electron chi connectivity index (χ3n) is 1.79. The minimum atomic E-state index is -3.62. The van der Waals surface area contributed by atoms with E-state index in [2.05, 4.69) is 4.72 Å². The van der Waals surface area contributed by atoms with Crippen molar-refractivity contribution in [2.75, 3.05) is 13.1 Å². The summed E-state index contributed by atoms with van der Waals surface area (Å²) in [6.07, 6.45) is 0. The molecule has 0 saturated heterocycles. The Labute approximate surface area is 92.5 Å². The van der Waals surface area contributed by atoms with Crippen LogP contribution in [0, 0.1) is 10.1 Å². The Morgan fingerprint density at radius 2 is 1.88 bits per heavy atom. The van der Waals surface area contributed by atoms with Gasteiger partial charge in [0.15, 0.2) is 0 Å². The molecule has 0 aliphatic carbocycles. The van der Waals surface area contributed by atoms with Crippen molar-refractivity contribution in [1.82, 2.24) is 4.72 Å². The van der Waals surface area contributed by atoms with E-state index < -0.39 is 14.9 Å². The lowest BCUT2D eigenvalue weighted by Gasteiger charge is -2.04. The average Bonchev–Trinajstić information content (AvgIpc) is 2.26. The fourth-order valence-electron chi connectivity index (χ4n) is 1.02. The highest BCUT2D eigenvalue weighted by Gasteiger charge is 2.14. The van der Waals surface area contributed by atoms with Crippen molar-refractivity contribution in [3.63, 3.8) is 0 Å². The van der Waals surface area contributed by atoms with Gasteiger partial charge in [-0.1, -0.05) is 0 Å². The highest BCUT2D eigenvalue weighted by atomic mass is 32.2. The van der Waals surface area contributed by atoms with E-state index in [4.69, 9.17) is 5.73 Å². The molecule has 1 rings (SSSR count). The number of rotatable bonds is 5. The lowest BCUT2D eigenvalue weighted by molar-refractivity contribution is -0.384. The molecule has 0 atom stereocenters. The molecule has 1 aromatic rings. The standard InChI is InChI=1S/C8H11N3O4S/c9-5-6-10-16(14,15)8-3-1-7(2-4-8)11(12)13/h1-4,10H,5-6,9H2. The van der Waals surface area contributed by atoms with Gasteiger partial charge in [-0.25, -0.2) is 13.1 Å². The highest BCUT2D eigenvalue weighted by Crippen LogP contribution is 2.15. The third-order valence-corrected chi connectivity index (χ3v) is 3.27. The normalized spacial score (nSPS) is 11.3. The Balaban J connectivity index is 2.93. The number of hydrogen-bond acceptors (Lipinski definition) is 5. The first-order chi connectivity index (χ1) is 7.47. The summed E-state index contributed by atoms with van der Waals surface area (Å²) in [6, 6.07) is 4.63. The summed E-state index contributed by atoms with van der Waals surface area (Å²) in [7, 11) is -3.62. The van der Waals surface area contributed by atoms with E-state index in [1.165, 1.54) is 12.1 Å². The van der Waals surface area contributed by atoms with Gasteiger partial charge in [0.25, 0.3) is 5.69 Å². The number of nitro benzene ring substituents is 1. The minimum absolute atomic E-state index is 0.0217. The Morgan fingerprint density at radius 3 is 2.31 bits per heavy atom. The second kappa shape index (κ2) is 5.01. The number of hydrogen-bond donors (Lipinski definition) is 2. The topological polar surface area (TPSA) is 115 Å². The third kappa shape index (κ3) is 2.99. The lowest BCUT2D eigenvalue weighted by atomic mass is 10.3. The summed E-state index contributed by atoms with van der Waals surface area (Å²) in [6.45, 7) is 0.311. The second-order valence-corrected chi connectivity index (χ2v) is 4.70. The predicted molar refractivity (Wildman–Crippen MR) is 57.3 cm³/mol. The Morgan fingerprint density at radius 1 is 1.31 bits per heavy atom. The van der Waals surface area contributed by atoms with Crippen molar-refractivity contribution >= 4 is 15.7 Å². The van der Waals surface area contributed by atoms with E-state index >= 15 is 0 Å². The fraction of sp³-hybridized carbons (Fsp3) is 0.250. The van der Waals surface area contributed by atoms with Gasteiger partial charge in [-0.15, -0.1) is 0 Å². The molecule has 0 radical (unpaired) electrons. The number of nitro groups is 1. The number of nitrogens with zero attached hydrogens (tertiary/aromatic N) is 1. The van der Waals surface area contributed by atoms with Gasteiger partial charge in [-0.05, 0) is 12.1 Å². The molecule has 1 aromatic carbocycles. The maximum absolute atomic E-state index is 11.5. The molecule has 0 unspecified atom stereocenters. The minimum Gasteiger partial charge on any atom is -0.329 e. The summed E-state index contributed by atoms with van der Waals surface area (Å²) in [5.41, 5.74) is 5.01. The molecule has 0 aromatic heterocycles. The molecule has 0 spiro atoms. The molecule has 8 heteroatoms. The van der Waals surface area contributed by atoms with Crippen LogP contribution >= 0.6 is 0 Å². The number of nitrogens with one attached hydrogen (secondary N) is 1. The van der Waals surface area contributed by atoms with Crippen LogP contribution in [0.3, 0.4) is 0 Å². The van der Waals surface area contributed by atoms with Crippen LogP contribution < -0.4 is 10.5 Å². The van der Waals surface area contributed by atoms with Gasteiger partial charge in [0.05, 0.1) is 9.82 Å². The molecule has 0 heterocycles. The van der Waals surface area contributed by atoms with Crippen LogP contribution in [0.15, 0.2) is 29.2 Å².